The highest BCUT2D eigenvalue weighted by Crippen LogP contribution is 2.15. The van der Waals surface area contributed by atoms with E-state index in [-0.39, 0.29) is 10.9 Å². The van der Waals surface area contributed by atoms with Gasteiger partial charge in [0.25, 0.3) is 0 Å². The highest BCUT2D eigenvalue weighted by Gasteiger charge is 2.03. The van der Waals surface area contributed by atoms with Crippen LogP contribution >= 0.6 is 11.6 Å². The van der Waals surface area contributed by atoms with Gasteiger partial charge in [-0.05, 0) is 23.6 Å². The van der Waals surface area contributed by atoms with E-state index in [0.29, 0.717) is 32.0 Å². The van der Waals surface area contributed by atoms with Crippen molar-refractivity contribution in [1.29, 1.82) is 0 Å². The molecule has 0 radical (unpaired) electrons. The molecule has 0 aromatic heterocycles. The van der Waals surface area contributed by atoms with Crippen LogP contribution in [0.15, 0.2) is 18.2 Å². The van der Waals surface area contributed by atoms with Gasteiger partial charge in [-0.25, -0.2) is 4.39 Å². The minimum Gasteiger partial charge on any atom is -0.356 e. The Hall–Kier alpha value is -1.13. The van der Waals surface area contributed by atoms with Gasteiger partial charge in [0, 0.05) is 26.1 Å². The van der Waals surface area contributed by atoms with Crippen molar-refractivity contribution >= 4 is 17.5 Å². The lowest BCUT2D eigenvalue weighted by atomic mass is 10.2. The molecule has 1 aromatic carbocycles. The van der Waals surface area contributed by atoms with Crippen LogP contribution < -0.4 is 10.6 Å². The zero-order valence-corrected chi connectivity index (χ0v) is 12.1. The summed E-state index contributed by atoms with van der Waals surface area (Å²) in [4.78, 5) is 11.4. The molecule has 0 fully saturated rings. The van der Waals surface area contributed by atoms with Crippen molar-refractivity contribution in [3.8, 4) is 0 Å². The van der Waals surface area contributed by atoms with Gasteiger partial charge in [-0.3, -0.25) is 4.79 Å². The molecule has 0 spiro atoms. The Bertz CT molecular complexity index is 424. The van der Waals surface area contributed by atoms with E-state index in [1.807, 2.05) is 13.8 Å². The van der Waals surface area contributed by atoms with E-state index in [1.54, 1.807) is 6.07 Å². The standard InChI is InChI=1S/C14H20ClFN2O/c1-10(2)8-18-14(19)5-6-17-9-11-3-4-12(15)13(16)7-11/h3-4,7,10,17H,5-6,8-9H2,1-2H3,(H,18,19). The zero-order valence-electron chi connectivity index (χ0n) is 11.3. The predicted octanol–water partition coefficient (Wildman–Crippen LogP) is 2.73. The maximum absolute atomic E-state index is 13.2. The molecule has 19 heavy (non-hydrogen) atoms. The first-order valence-electron chi connectivity index (χ1n) is 6.40. The average Bonchev–Trinajstić information content (AvgIpc) is 2.36. The maximum Gasteiger partial charge on any atom is 0.221 e. The fourth-order valence-electron chi connectivity index (χ4n) is 1.49. The van der Waals surface area contributed by atoms with Gasteiger partial charge in [0.15, 0.2) is 0 Å². The predicted molar refractivity (Wildman–Crippen MR) is 75.6 cm³/mol. The normalized spacial score (nSPS) is 10.8. The molecule has 3 nitrogen and oxygen atoms in total. The van der Waals surface area contributed by atoms with Gasteiger partial charge in [0.05, 0.1) is 5.02 Å². The van der Waals surface area contributed by atoms with Crippen molar-refractivity contribution in [3.63, 3.8) is 0 Å². The molecule has 0 aliphatic rings. The highest BCUT2D eigenvalue weighted by atomic mass is 35.5. The van der Waals surface area contributed by atoms with Gasteiger partial charge in [-0.1, -0.05) is 31.5 Å². The van der Waals surface area contributed by atoms with E-state index in [9.17, 15) is 9.18 Å². The summed E-state index contributed by atoms with van der Waals surface area (Å²) in [5.41, 5.74) is 0.810. The molecule has 5 heteroatoms. The lowest BCUT2D eigenvalue weighted by Crippen LogP contribution is -2.30. The SMILES string of the molecule is CC(C)CNC(=O)CCNCc1ccc(Cl)c(F)c1. The van der Waals surface area contributed by atoms with Crippen LogP contribution in [0, 0.1) is 11.7 Å². The maximum atomic E-state index is 13.2. The Kier molecular flexibility index (Phi) is 6.81. The van der Waals surface area contributed by atoms with Crippen LogP contribution in [0.25, 0.3) is 0 Å². The summed E-state index contributed by atoms with van der Waals surface area (Å²) in [5.74, 6) is 0.0630. The topological polar surface area (TPSA) is 41.1 Å². The lowest BCUT2D eigenvalue weighted by Gasteiger charge is -2.08. The van der Waals surface area contributed by atoms with Crippen molar-refractivity contribution < 1.29 is 9.18 Å². The molecule has 1 rings (SSSR count). The number of rotatable bonds is 7. The Labute approximate surface area is 118 Å². The van der Waals surface area contributed by atoms with E-state index in [1.165, 1.54) is 12.1 Å². The molecule has 0 aliphatic heterocycles. The third-order valence-corrected chi connectivity index (χ3v) is 2.86. The molecule has 0 heterocycles. The van der Waals surface area contributed by atoms with Crippen LogP contribution in [0.4, 0.5) is 4.39 Å². The van der Waals surface area contributed by atoms with Crippen LogP contribution in [-0.2, 0) is 11.3 Å². The number of nitrogens with one attached hydrogen (secondary N) is 2. The molecule has 0 saturated heterocycles. The molecule has 0 atom stereocenters. The second kappa shape index (κ2) is 8.12. The summed E-state index contributed by atoms with van der Waals surface area (Å²) in [6.07, 6.45) is 0.419. The third-order valence-electron chi connectivity index (χ3n) is 2.55. The summed E-state index contributed by atoms with van der Waals surface area (Å²) in [6.45, 7) is 5.88. The number of amides is 1. The smallest absolute Gasteiger partial charge is 0.221 e. The van der Waals surface area contributed by atoms with E-state index in [0.717, 1.165) is 5.56 Å². The fourth-order valence-corrected chi connectivity index (χ4v) is 1.61. The molecule has 2 N–H and O–H groups in total. The number of hydrogen-bond acceptors (Lipinski definition) is 2. The molecule has 106 valence electrons. The lowest BCUT2D eigenvalue weighted by molar-refractivity contribution is -0.121. The summed E-state index contributed by atoms with van der Waals surface area (Å²) >= 11 is 5.60. The molecule has 1 aromatic rings. The van der Waals surface area contributed by atoms with Gasteiger partial charge in [0.2, 0.25) is 5.91 Å². The van der Waals surface area contributed by atoms with Gasteiger partial charge in [-0.2, -0.15) is 0 Å². The Morgan fingerprint density at radius 3 is 2.79 bits per heavy atom. The van der Waals surface area contributed by atoms with Crippen LogP contribution in [-0.4, -0.2) is 19.0 Å². The van der Waals surface area contributed by atoms with Crippen molar-refractivity contribution in [3.05, 3.63) is 34.6 Å². The quantitative estimate of drug-likeness (QED) is 0.757. The van der Waals surface area contributed by atoms with Crippen molar-refractivity contribution in [2.24, 2.45) is 5.92 Å². The number of hydrogen-bond donors (Lipinski definition) is 2. The molecular formula is C14H20ClFN2O. The van der Waals surface area contributed by atoms with Crippen LogP contribution in [0.2, 0.25) is 5.02 Å². The number of carbonyl (C=O) groups is 1. The van der Waals surface area contributed by atoms with Gasteiger partial charge >= 0.3 is 0 Å². The number of benzene rings is 1. The first kappa shape index (κ1) is 15.9. The van der Waals surface area contributed by atoms with Crippen LogP contribution in [0.1, 0.15) is 25.8 Å². The first-order valence-corrected chi connectivity index (χ1v) is 6.78. The Morgan fingerprint density at radius 2 is 2.16 bits per heavy atom. The second-order valence-corrected chi connectivity index (χ2v) is 5.28. The largest absolute Gasteiger partial charge is 0.356 e. The van der Waals surface area contributed by atoms with Crippen LogP contribution in [0.3, 0.4) is 0 Å². The fraction of sp³-hybridized carbons (Fsp3) is 0.500. The first-order chi connectivity index (χ1) is 8.99. The average molecular weight is 287 g/mol. The van der Waals surface area contributed by atoms with E-state index in [4.69, 9.17) is 11.6 Å². The monoisotopic (exact) mass is 286 g/mol. The molecule has 0 unspecified atom stereocenters. The Morgan fingerprint density at radius 1 is 1.42 bits per heavy atom. The van der Waals surface area contributed by atoms with E-state index in [2.05, 4.69) is 10.6 Å². The molecule has 1 amide bonds. The van der Waals surface area contributed by atoms with Gasteiger partial charge in [0.1, 0.15) is 5.82 Å². The molecule has 0 aliphatic carbocycles. The van der Waals surface area contributed by atoms with E-state index < -0.39 is 5.82 Å². The van der Waals surface area contributed by atoms with Gasteiger partial charge < -0.3 is 10.6 Å². The molecule has 0 saturated carbocycles. The Balaban J connectivity index is 2.20. The summed E-state index contributed by atoms with van der Waals surface area (Å²) in [6, 6.07) is 4.69. The summed E-state index contributed by atoms with van der Waals surface area (Å²) in [7, 11) is 0. The van der Waals surface area contributed by atoms with Gasteiger partial charge in [-0.15, -0.1) is 0 Å². The third kappa shape index (κ3) is 6.55. The second-order valence-electron chi connectivity index (χ2n) is 4.87. The van der Waals surface area contributed by atoms with Crippen molar-refractivity contribution in [2.75, 3.05) is 13.1 Å². The molecule has 0 bridgehead atoms. The minimum atomic E-state index is -0.421. The van der Waals surface area contributed by atoms with Crippen molar-refractivity contribution in [1.82, 2.24) is 10.6 Å². The number of carbonyl (C=O) groups excluding carboxylic acids is 1. The minimum absolute atomic E-state index is 0.0310. The number of halogens is 2. The highest BCUT2D eigenvalue weighted by molar-refractivity contribution is 6.30. The van der Waals surface area contributed by atoms with Crippen LogP contribution in [0.5, 0.6) is 0 Å². The summed E-state index contributed by atoms with van der Waals surface area (Å²) in [5, 5.41) is 6.06. The molecular weight excluding hydrogens is 267 g/mol. The van der Waals surface area contributed by atoms with Crippen molar-refractivity contribution in [2.45, 2.75) is 26.8 Å². The summed E-state index contributed by atoms with van der Waals surface area (Å²) < 4.78 is 13.2. The zero-order chi connectivity index (χ0) is 14.3. The van der Waals surface area contributed by atoms with E-state index >= 15 is 0 Å².